The number of amides is 6. The Hall–Kier alpha value is -6.05. The second kappa shape index (κ2) is 18.1. The number of hydrogen-bond donors (Lipinski definition) is 4. The van der Waals surface area contributed by atoms with Crippen LogP contribution in [0.1, 0.15) is 67.2 Å². The Labute approximate surface area is 379 Å². The van der Waals surface area contributed by atoms with Crippen LogP contribution in [-0.4, -0.2) is 138 Å². The zero-order chi connectivity index (χ0) is 47.1. The van der Waals surface area contributed by atoms with Crippen molar-refractivity contribution >= 4 is 56.4 Å². The maximum absolute atomic E-state index is 15.0. The summed E-state index contributed by atoms with van der Waals surface area (Å²) in [4.78, 5) is 89.5. The van der Waals surface area contributed by atoms with Gasteiger partial charge in [-0.05, 0) is 65.8 Å². The molecule has 4 fully saturated rings. The van der Waals surface area contributed by atoms with Crippen LogP contribution in [-0.2, 0) is 29.2 Å². The molecule has 7 rings (SSSR count). The average Bonchev–Trinajstić information content (AvgIpc) is 4.20. The Morgan fingerprint density at radius 3 is 2.12 bits per heavy atom. The first-order chi connectivity index (χ1) is 30.6. The summed E-state index contributed by atoms with van der Waals surface area (Å²) in [5.41, 5.74) is -3.27. The fourth-order valence-corrected chi connectivity index (χ4v) is 9.80. The molecule has 2 saturated heterocycles. The number of nitrogens with one attached hydrogen (secondary N) is 4. The molecule has 2 aromatic heterocycles. The highest BCUT2D eigenvalue weighted by atomic mass is 32.2. The number of urea groups is 1. The number of rotatable bonds is 14. The van der Waals surface area contributed by atoms with Crippen LogP contribution in [0.3, 0.4) is 0 Å². The molecule has 2 aliphatic heterocycles. The van der Waals surface area contributed by atoms with Crippen LogP contribution in [0.15, 0.2) is 61.6 Å². The van der Waals surface area contributed by atoms with E-state index in [-0.39, 0.29) is 31.2 Å². The number of carbonyl (C=O) groups is 5. The minimum Gasteiger partial charge on any atom is -0.497 e. The van der Waals surface area contributed by atoms with Gasteiger partial charge in [-0.15, -0.1) is 6.58 Å². The summed E-state index contributed by atoms with van der Waals surface area (Å²) in [5, 5.41) is 9.29. The minimum absolute atomic E-state index is 0.0318. The molecule has 4 N–H and O–H groups in total. The third-order valence-electron chi connectivity index (χ3n) is 12.5. The predicted molar refractivity (Wildman–Crippen MR) is 241 cm³/mol. The number of piperazine rings is 1. The summed E-state index contributed by atoms with van der Waals surface area (Å²) in [7, 11) is -2.39. The van der Waals surface area contributed by atoms with Crippen LogP contribution >= 0.6 is 0 Å². The van der Waals surface area contributed by atoms with E-state index >= 15 is 0 Å². The highest BCUT2D eigenvalue weighted by Crippen LogP contribution is 2.45. The lowest BCUT2D eigenvalue weighted by atomic mass is 9.85. The smallest absolute Gasteiger partial charge is 0.316 e. The number of hydrogen-bond acceptors (Lipinski definition) is 13. The largest absolute Gasteiger partial charge is 0.497 e. The Morgan fingerprint density at radius 2 is 1.54 bits per heavy atom. The van der Waals surface area contributed by atoms with Crippen LogP contribution in [0.2, 0.25) is 0 Å². The van der Waals surface area contributed by atoms with Crippen molar-refractivity contribution in [1.29, 1.82) is 0 Å². The lowest BCUT2D eigenvalue weighted by Gasteiger charge is -2.40. The molecule has 65 heavy (non-hydrogen) atoms. The van der Waals surface area contributed by atoms with Gasteiger partial charge in [0.1, 0.15) is 35.5 Å². The summed E-state index contributed by atoms with van der Waals surface area (Å²) in [5.74, 6) is -1.58. The van der Waals surface area contributed by atoms with Crippen LogP contribution < -0.4 is 35.0 Å². The van der Waals surface area contributed by atoms with Gasteiger partial charge in [0.15, 0.2) is 0 Å². The number of pyridine rings is 1. The maximum atomic E-state index is 15.0. The number of anilines is 1. The summed E-state index contributed by atoms with van der Waals surface area (Å²) < 4.78 is 39.7. The molecule has 350 valence electrons. The second-order valence-corrected chi connectivity index (χ2v) is 21.4. The number of fused-ring (bicyclic) bond motifs is 1. The molecule has 6 amide bonds. The highest BCUT2D eigenvalue weighted by molar-refractivity contribution is 7.91. The molecule has 2 saturated carbocycles. The molecule has 4 aliphatic rings. The van der Waals surface area contributed by atoms with Gasteiger partial charge in [0.05, 0.1) is 18.9 Å². The number of benzene rings is 1. The van der Waals surface area contributed by atoms with Gasteiger partial charge in [-0.1, -0.05) is 47.6 Å². The van der Waals surface area contributed by atoms with Gasteiger partial charge in [-0.25, -0.2) is 28.2 Å². The van der Waals surface area contributed by atoms with E-state index in [1.165, 1.54) is 11.0 Å². The second-order valence-electron chi connectivity index (χ2n) is 19.4. The molecule has 0 spiro atoms. The van der Waals surface area contributed by atoms with E-state index in [2.05, 4.69) is 42.2 Å². The molecule has 19 nitrogen and oxygen atoms in total. The van der Waals surface area contributed by atoms with Gasteiger partial charge in [0.2, 0.25) is 39.6 Å². The van der Waals surface area contributed by atoms with Gasteiger partial charge in [-0.3, -0.25) is 23.9 Å². The summed E-state index contributed by atoms with van der Waals surface area (Å²) in [6.45, 7) is 16.3. The Balaban J connectivity index is 1.12. The normalized spacial score (nSPS) is 23.2. The number of carbonyl (C=O) groups excluding carboxylic acids is 5. The maximum Gasteiger partial charge on any atom is 0.316 e. The summed E-state index contributed by atoms with van der Waals surface area (Å²) in [6, 6.07) is 4.74. The van der Waals surface area contributed by atoms with Crippen LogP contribution in [0, 0.1) is 16.7 Å². The first kappa shape index (κ1) is 46.9. The lowest BCUT2D eigenvalue weighted by molar-refractivity contribution is -0.142. The van der Waals surface area contributed by atoms with Crippen molar-refractivity contribution in [3.8, 4) is 11.6 Å². The van der Waals surface area contributed by atoms with Crippen molar-refractivity contribution in [2.45, 2.75) is 102 Å². The first-order valence-electron chi connectivity index (χ1n) is 21.9. The average molecular weight is 917 g/mol. The zero-order valence-corrected chi connectivity index (χ0v) is 38.8. The first-order valence-corrected chi connectivity index (χ1v) is 23.5. The van der Waals surface area contributed by atoms with Crippen molar-refractivity contribution in [3.63, 3.8) is 0 Å². The monoisotopic (exact) mass is 916 g/mol. The van der Waals surface area contributed by atoms with E-state index in [0.717, 1.165) is 5.39 Å². The van der Waals surface area contributed by atoms with E-state index in [0.29, 0.717) is 56.1 Å². The van der Waals surface area contributed by atoms with Crippen LogP contribution in [0.4, 0.5) is 10.7 Å². The molecule has 0 unspecified atom stereocenters. The Kier molecular flexibility index (Phi) is 13.1. The SMILES string of the molecule is C=C[C@@H]1C[C@]1(NC(=O)[C@@H]1C[C@@H](Oc2nccc3cc(OC)ccc23)CN1C(=O)[C@@H](NC(=O)N[C@H](C(=O)N1CCN(c2ncccn2)CC1)C(C)(C)C)C(C)(C)C)C(=O)NS(=O)(=O)C1CC1. The van der Waals surface area contributed by atoms with Crippen molar-refractivity contribution in [3.05, 3.63) is 61.6 Å². The van der Waals surface area contributed by atoms with Gasteiger partial charge < -0.3 is 40.1 Å². The van der Waals surface area contributed by atoms with E-state index in [1.807, 2.05) is 31.7 Å². The molecule has 0 radical (unpaired) electrons. The highest BCUT2D eigenvalue weighted by Gasteiger charge is 2.62. The fourth-order valence-electron chi connectivity index (χ4n) is 8.43. The van der Waals surface area contributed by atoms with Gasteiger partial charge in [0, 0.05) is 62.5 Å². The summed E-state index contributed by atoms with van der Waals surface area (Å²) in [6.07, 6.45) is 6.55. The van der Waals surface area contributed by atoms with E-state index in [4.69, 9.17) is 9.47 Å². The molecular weight excluding hydrogens is 857 g/mol. The minimum atomic E-state index is -3.95. The topological polar surface area (TPSA) is 234 Å². The molecule has 6 atom stereocenters. The number of sulfonamides is 1. The number of methoxy groups -OCH3 is 1. The molecule has 20 heteroatoms. The lowest BCUT2D eigenvalue weighted by Crippen LogP contribution is -2.63. The molecule has 3 aromatic rings. The van der Waals surface area contributed by atoms with Gasteiger partial charge >= 0.3 is 6.03 Å². The number of likely N-dealkylation sites (tertiary alicyclic amines) is 1. The van der Waals surface area contributed by atoms with E-state index < -0.39 is 85.5 Å². The molecule has 2 aliphatic carbocycles. The van der Waals surface area contributed by atoms with Crippen molar-refractivity contribution in [1.82, 2.24) is 45.4 Å². The third-order valence-corrected chi connectivity index (χ3v) is 14.3. The Bertz CT molecular complexity index is 2430. The molecule has 1 aromatic carbocycles. The van der Waals surface area contributed by atoms with Gasteiger partial charge in [0.25, 0.3) is 5.91 Å². The standard InChI is InChI=1S/C45H60N10O9S/c1-9-28-25-45(28,40(59)52-65(61,62)31-12-13-31)51-36(56)33-24-30(64-37-32-14-11-29(63-8)23-27(32)15-18-46-37)26-55(33)39(58)35(44(5,6)7)50-42(60)49-34(43(2,3)4)38(57)53-19-21-54(22-20-53)41-47-16-10-17-48-41/h9-11,14-18,23,28,30-31,33-35H,1,12-13,19-22,24-26H2,2-8H3,(H,51,56)(H,52,59)(H2,49,50,60)/t28-,30-,33+,34-,35-,45-/m1/s1. The number of nitrogens with zero attached hydrogens (tertiary/aromatic N) is 6. The third kappa shape index (κ3) is 10.3. The van der Waals surface area contributed by atoms with Crippen molar-refractivity contribution < 1.29 is 41.9 Å². The van der Waals surface area contributed by atoms with E-state index in [1.54, 1.807) is 75.6 Å². The van der Waals surface area contributed by atoms with Crippen LogP contribution in [0.25, 0.3) is 10.8 Å². The van der Waals surface area contributed by atoms with Crippen molar-refractivity contribution in [2.75, 3.05) is 44.7 Å². The van der Waals surface area contributed by atoms with Gasteiger partial charge in [-0.2, -0.15) is 0 Å². The molecular formula is C45H60N10O9S. The molecule has 0 bridgehead atoms. The quantitative estimate of drug-likeness (QED) is 0.171. The zero-order valence-electron chi connectivity index (χ0n) is 38.0. The van der Waals surface area contributed by atoms with Crippen molar-refractivity contribution in [2.24, 2.45) is 16.7 Å². The molecule has 4 heterocycles. The fraction of sp³-hybridized carbons (Fsp3) is 0.556. The number of aromatic nitrogens is 3. The summed E-state index contributed by atoms with van der Waals surface area (Å²) >= 11 is 0. The van der Waals surface area contributed by atoms with Crippen LogP contribution in [0.5, 0.6) is 11.6 Å². The predicted octanol–water partition coefficient (Wildman–Crippen LogP) is 2.53. The Morgan fingerprint density at radius 1 is 0.892 bits per heavy atom. The van der Waals surface area contributed by atoms with E-state index in [9.17, 15) is 32.4 Å². The number of ether oxygens (including phenoxy) is 2.